The second-order valence-corrected chi connectivity index (χ2v) is 9.24. The molecule has 1 aliphatic heterocycles. The molecule has 0 saturated carbocycles. The number of ether oxygens (including phenoxy) is 3. The van der Waals surface area contributed by atoms with Gasteiger partial charge in [0.2, 0.25) is 11.8 Å². The third-order valence-corrected chi connectivity index (χ3v) is 6.62. The zero-order valence-electron chi connectivity index (χ0n) is 21.8. The average molecular weight is 548 g/mol. The number of carbonyl (C=O) groups is 4. The summed E-state index contributed by atoms with van der Waals surface area (Å²) in [5.41, 5.74) is 0.960. The highest BCUT2D eigenvalue weighted by Gasteiger charge is 2.25. The van der Waals surface area contributed by atoms with Crippen LogP contribution < -0.4 is 10.1 Å². The Kier molecular flexibility index (Phi) is 10.8. The van der Waals surface area contributed by atoms with Crippen LogP contribution in [0.4, 0.5) is 9.93 Å². The number of hydrogen-bond donors (Lipinski definition) is 1. The fraction of sp³-hybridized carbons (Fsp3) is 0.480. The summed E-state index contributed by atoms with van der Waals surface area (Å²) < 4.78 is 15.2. The molecule has 2 aromatic rings. The van der Waals surface area contributed by atoms with Gasteiger partial charge in [-0.05, 0) is 31.2 Å². The van der Waals surface area contributed by atoms with Crippen LogP contribution in [0.5, 0.6) is 5.75 Å². The molecule has 0 unspecified atom stereocenters. The highest BCUT2D eigenvalue weighted by Crippen LogP contribution is 2.18. The summed E-state index contributed by atoms with van der Waals surface area (Å²) in [6.45, 7) is 4.05. The van der Waals surface area contributed by atoms with Gasteiger partial charge < -0.3 is 34.2 Å². The summed E-state index contributed by atoms with van der Waals surface area (Å²) in [6.07, 6.45) is -0.284. The van der Waals surface area contributed by atoms with Crippen molar-refractivity contribution >= 4 is 40.3 Å². The van der Waals surface area contributed by atoms with E-state index >= 15 is 0 Å². The number of hydrogen-bond acceptors (Lipinski definition) is 9. The van der Waals surface area contributed by atoms with Gasteiger partial charge in [0.05, 0.1) is 32.4 Å². The average Bonchev–Trinajstić information content (AvgIpc) is 3.37. The lowest BCUT2D eigenvalue weighted by molar-refractivity contribution is -0.132. The topological polar surface area (TPSA) is 131 Å². The third kappa shape index (κ3) is 8.15. The number of nitrogens with one attached hydrogen (secondary N) is 1. The Morgan fingerprint density at radius 2 is 1.74 bits per heavy atom. The number of benzene rings is 1. The Morgan fingerprint density at radius 1 is 1.05 bits per heavy atom. The summed E-state index contributed by atoms with van der Waals surface area (Å²) in [4.78, 5) is 59.2. The van der Waals surface area contributed by atoms with E-state index < -0.39 is 5.91 Å². The smallest absolute Gasteiger partial charge is 0.409 e. The fourth-order valence-corrected chi connectivity index (χ4v) is 4.49. The molecule has 2 heterocycles. The number of anilines is 1. The van der Waals surface area contributed by atoms with Crippen LogP contribution in [0.15, 0.2) is 29.6 Å². The number of amides is 4. The minimum atomic E-state index is -0.412. The van der Waals surface area contributed by atoms with Gasteiger partial charge in [0.15, 0.2) is 5.13 Å². The Bertz CT molecular complexity index is 1100. The molecule has 1 fully saturated rings. The lowest BCUT2D eigenvalue weighted by atomic mass is 10.2. The van der Waals surface area contributed by atoms with Gasteiger partial charge in [-0.1, -0.05) is 0 Å². The number of rotatable bonds is 11. The molecule has 0 atom stereocenters. The zero-order valence-corrected chi connectivity index (χ0v) is 22.6. The maximum atomic E-state index is 13.0. The lowest BCUT2D eigenvalue weighted by Crippen LogP contribution is -2.51. The summed E-state index contributed by atoms with van der Waals surface area (Å²) in [5, 5.41) is 4.76. The van der Waals surface area contributed by atoms with Crippen molar-refractivity contribution in [1.82, 2.24) is 19.7 Å². The van der Waals surface area contributed by atoms with Crippen LogP contribution in [0.25, 0.3) is 0 Å². The molecule has 12 nitrogen and oxygen atoms in total. The molecule has 0 aliphatic carbocycles. The predicted octanol–water partition coefficient (Wildman–Crippen LogP) is 1.72. The second kappa shape index (κ2) is 14.3. The molecule has 4 amide bonds. The van der Waals surface area contributed by atoms with Crippen LogP contribution in [0.2, 0.25) is 0 Å². The molecule has 1 saturated heterocycles. The molecule has 0 radical (unpaired) electrons. The van der Waals surface area contributed by atoms with E-state index in [0.29, 0.717) is 54.9 Å². The van der Waals surface area contributed by atoms with Crippen molar-refractivity contribution in [3.8, 4) is 5.75 Å². The van der Waals surface area contributed by atoms with Gasteiger partial charge in [-0.3, -0.25) is 14.4 Å². The van der Waals surface area contributed by atoms with Crippen LogP contribution in [0, 0.1) is 0 Å². The second-order valence-electron chi connectivity index (χ2n) is 8.38. The first kappa shape index (κ1) is 28.9. The summed E-state index contributed by atoms with van der Waals surface area (Å²) in [6, 6.07) is 6.64. The molecular formula is C25H33N5O7S. The number of carbonyl (C=O) groups excluding carboxylic acids is 4. The van der Waals surface area contributed by atoms with E-state index in [4.69, 9.17) is 14.2 Å². The maximum Gasteiger partial charge on any atom is 0.409 e. The van der Waals surface area contributed by atoms with Gasteiger partial charge in [-0.15, -0.1) is 11.3 Å². The number of piperazine rings is 1. The molecule has 38 heavy (non-hydrogen) atoms. The van der Waals surface area contributed by atoms with E-state index in [-0.39, 0.29) is 44.0 Å². The lowest BCUT2D eigenvalue weighted by Gasteiger charge is -2.34. The largest absolute Gasteiger partial charge is 0.497 e. The molecule has 13 heteroatoms. The van der Waals surface area contributed by atoms with Gasteiger partial charge >= 0.3 is 6.09 Å². The summed E-state index contributed by atoms with van der Waals surface area (Å²) in [7, 11) is 3.06. The highest BCUT2D eigenvalue weighted by atomic mass is 32.1. The molecule has 1 N–H and O–H groups in total. The standard InChI is InChI=1S/C25H33N5O7S/c1-4-37-25(34)29-11-9-28(10-12-29)22(32)15-19-17-38-24(26-19)27-21(31)16-30(13-14-35-2)23(33)18-5-7-20(36-3)8-6-18/h5-8,17H,4,9-16H2,1-3H3,(H,26,27,31). The maximum absolute atomic E-state index is 13.0. The Labute approximate surface area is 225 Å². The molecule has 1 aliphatic rings. The van der Waals surface area contributed by atoms with Gasteiger partial charge in [0.1, 0.15) is 12.3 Å². The van der Waals surface area contributed by atoms with E-state index in [2.05, 4.69) is 10.3 Å². The quantitative estimate of drug-likeness (QED) is 0.450. The Balaban J connectivity index is 1.52. The van der Waals surface area contributed by atoms with Crippen molar-refractivity contribution in [2.75, 3.05) is 72.0 Å². The van der Waals surface area contributed by atoms with Crippen LogP contribution in [-0.4, -0.2) is 110 Å². The molecule has 206 valence electrons. The molecule has 1 aromatic heterocycles. The van der Waals surface area contributed by atoms with Crippen LogP contribution in [-0.2, 0) is 25.5 Å². The SMILES string of the molecule is CCOC(=O)N1CCN(C(=O)Cc2csc(NC(=O)CN(CCOC)C(=O)c3ccc(OC)cc3)n2)CC1. The number of methoxy groups -OCH3 is 2. The van der Waals surface area contributed by atoms with Crippen molar-refractivity contribution in [2.45, 2.75) is 13.3 Å². The normalized spacial score (nSPS) is 13.1. The number of aromatic nitrogens is 1. The van der Waals surface area contributed by atoms with Crippen LogP contribution in [0.3, 0.4) is 0 Å². The summed E-state index contributed by atoms with van der Waals surface area (Å²) in [5.74, 6) is -0.203. The first-order chi connectivity index (χ1) is 18.3. The predicted molar refractivity (Wildman–Crippen MR) is 140 cm³/mol. The van der Waals surface area contributed by atoms with Crippen LogP contribution >= 0.6 is 11.3 Å². The zero-order chi connectivity index (χ0) is 27.5. The molecule has 0 spiro atoms. The van der Waals surface area contributed by atoms with Crippen molar-refractivity contribution in [2.24, 2.45) is 0 Å². The first-order valence-electron chi connectivity index (χ1n) is 12.2. The van der Waals surface area contributed by atoms with E-state index in [1.807, 2.05) is 0 Å². The summed E-state index contributed by atoms with van der Waals surface area (Å²) >= 11 is 1.20. The third-order valence-electron chi connectivity index (χ3n) is 5.81. The molecule has 1 aromatic carbocycles. The number of nitrogens with zero attached hydrogens (tertiary/aromatic N) is 4. The van der Waals surface area contributed by atoms with E-state index in [9.17, 15) is 19.2 Å². The fourth-order valence-electron chi connectivity index (χ4n) is 3.77. The monoisotopic (exact) mass is 547 g/mol. The number of thiazole rings is 1. The van der Waals surface area contributed by atoms with Crippen molar-refractivity contribution in [3.05, 3.63) is 40.9 Å². The Morgan fingerprint density at radius 3 is 2.37 bits per heavy atom. The van der Waals surface area contributed by atoms with E-state index in [0.717, 1.165) is 0 Å². The minimum Gasteiger partial charge on any atom is -0.497 e. The van der Waals surface area contributed by atoms with Crippen LogP contribution in [0.1, 0.15) is 23.0 Å². The first-order valence-corrected chi connectivity index (χ1v) is 13.1. The van der Waals surface area contributed by atoms with Gasteiger partial charge in [0.25, 0.3) is 5.91 Å². The van der Waals surface area contributed by atoms with E-state index in [1.165, 1.54) is 23.3 Å². The minimum absolute atomic E-state index is 0.0850. The van der Waals surface area contributed by atoms with E-state index in [1.54, 1.807) is 53.5 Å². The van der Waals surface area contributed by atoms with Gasteiger partial charge in [-0.2, -0.15) is 0 Å². The van der Waals surface area contributed by atoms with Crippen molar-refractivity contribution in [1.29, 1.82) is 0 Å². The van der Waals surface area contributed by atoms with Crippen molar-refractivity contribution < 1.29 is 33.4 Å². The van der Waals surface area contributed by atoms with Gasteiger partial charge in [-0.25, -0.2) is 9.78 Å². The van der Waals surface area contributed by atoms with Crippen molar-refractivity contribution in [3.63, 3.8) is 0 Å². The van der Waals surface area contributed by atoms with Gasteiger partial charge in [0, 0.05) is 50.8 Å². The Hall–Kier alpha value is -3.71. The molecular weight excluding hydrogens is 514 g/mol. The highest BCUT2D eigenvalue weighted by molar-refractivity contribution is 7.13. The molecule has 3 rings (SSSR count). The molecule has 0 bridgehead atoms.